The molecule has 5 aromatic rings. The Kier molecular flexibility index (Phi) is 7.99. The summed E-state index contributed by atoms with van der Waals surface area (Å²) in [4.78, 5) is 5.10. The standard InChI is InChI=1S/C30H32N4OS.ClH/c1-33-27-15-19-36-29(27)20-28(33)30-32-26(23-7-3-2-4-8-23)21-34(30)18-5-6-22-9-11-24(12-10-22)35-25-13-16-31-17-14-25;/h2-4,7-12,15,19-21,25,31H,5-6,13-14,16-18H2,1H3;1H. The van der Waals surface area contributed by atoms with E-state index in [4.69, 9.17) is 9.72 Å². The molecule has 0 atom stereocenters. The first-order valence-corrected chi connectivity index (χ1v) is 13.7. The van der Waals surface area contributed by atoms with Gasteiger partial charge in [0.1, 0.15) is 11.9 Å². The van der Waals surface area contributed by atoms with E-state index in [9.17, 15) is 0 Å². The fraction of sp³-hybridized carbons (Fsp3) is 0.300. The molecule has 192 valence electrons. The average Bonchev–Trinajstić information content (AvgIpc) is 3.63. The number of imidazole rings is 1. The number of benzene rings is 2. The largest absolute Gasteiger partial charge is 0.490 e. The molecule has 1 N–H and O–H groups in total. The molecule has 37 heavy (non-hydrogen) atoms. The van der Waals surface area contributed by atoms with Crippen LogP contribution in [0.4, 0.5) is 0 Å². The molecule has 6 rings (SSSR count). The van der Waals surface area contributed by atoms with Crippen LogP contribution in [0.3, 0.4) is 0 Å². The molecule has 1 aliphatic heterocycles. The van der Waals surface area contributed by atoms with Crippen molar-refractivity contribution in [3.8, 4) is 28.5 Å². The van der Waals surface area contributed by atoms with Crippen molar-refractivity contribution in [3.05, 3.63) is 83.9 Å². The molecule has 3 aromatic heterocycles. The zero-order chi connectivity index (χ0) is 24.3. The monoisotopic (exact) mass is 532 g/mol. The second-order valence-corrected chi connectivity index (χ2v) is 10.5. The highest BCUT2D eigenvalue weighted by molar-refractivity contribution is 7.17. The number of halogens is 1. The summed E-state index contributed by atoms with van der Waals surface area (Å²) in [5, 5.41) is 5.54. The number of rotatable bonds is 8. The Morgan fingerprint density at radius 1 is 1.03 bits per heavy atom. The van der Waals surface area contributed by atoms with Crippen LogP contribution in [0.2, 0.25) is 0 Å². The van der Waals surface area contributed by atoms with Crippen molar-refractivity contribution in [2.24, 2.45) is 7.05 Å². The summed E-state index contributed by atoms with van der Waals surface area (Å²) in [7, 11) is 2.14. The Morgan fingerprint density at radius 3 is 2.57 bits per heavy atom. The number of nitrogens with zero attached hydrogens (tertiary/aromatic N) is 3. The topological polar surface area (TPSA) is 44.0 Å². The van der Waals surface area contributed by atoms with Crippen molar-refractivity contribution >= 4 is 34.0 Å². The van der Waals surface area contributed by atoms with Crippen LogP contribution in [0.1, 0.15) is 24.8 Å². The molecule has 1 fully saturated rings. The van der Waals surface area contributed by atoms with E-state index in [1.165, 1.54) is 21.5 Å². The molecular weight excluding hydrogens is 500 g/mol. The SMILES string of the molecule is Cl.Cn1c(-c2nc(-c3ccccc3)cn2CCCc2ccc(OC3CCNCC3)cc2)cc2sccc21. The van der Waals surface area contributed by atoms with Crippen LogP contribution in [-0.2, 0) is 20.0 Å². The van der Waals surface area contributed by atoms with E-state index < -0.39 is 0 Å². The summed E-state index contributed by atoms with van der Waals surface area (Å²) in [6.45, 7) is 3.01. The van der Waals surface area contributed by atoms with Gasteiger partial charge < -0.3 is 19.2 Å². The lowest BCUT2D eigenvalue weighted by Crippen LogP contribution is -2.34. The number of ether oxygens (including phenoxy) is 1. The Morgan fingerprint density at radius 2 is 1.81 bits per heavy atom. The zero-order valence-corrected chi connectivity index (χ0v) is 22.7. The van der Waals surface area contributed by atoms with Crippen LogP contribution in [0, 0.1) is 0 Å². The van der Waals surface area contributed by atoms with Gasteiger partial charge >= 0.3 is 0 Å². The summed E-state index contributed by atoms with van der Waals surface area (Å²) >= 11 is 1.78. The molecule has 0 spiro atoms. The summed E-state index contributed by atoms with van der Waals surface area (Å²) in [6, 6.07) is 23.6. The van der Waals surface area contributed by atoms with Crippen molar-refractivity contribution in [3.63, 3.8) is 0 Å². The first kappa shape index (κ1) is 25.6. The van der Waals surface area contributed by atoms with E-state index >= 15 is 0 Å². The number of piperidine rings is 1. The number of hydrogen-bond acceptors (Lipinski definition) is 4. The number of nitrogens with one attached hydrogen (secondary N) is 1. The highest BCUT2D eigenvalue weighted by Gasteiger charge is 2.17. The van der Waals surface area contributed by atoms with Crippen molar-refractivity contribution in [1.29, 1.82) is 0 Å². The van der Waals surface area contributed by atoms with Crippen LogP contribution < -0.4 is 10.1 Å². The van der Waals surface area contributed by atoms with Crippen molar-refractivity contribution in [2.45, 2.75) is 38.3 Å². The van der Waals surface area contributed by atoms with E-state index in [2.05, 4.69) is 99.8 Å². The van der Waals surface area contributed by atoms with Crippen LogP contribution in [0.25, 0.3) is 33.0 Å². The summed E-state index contributed by atoms with van der Waals surface area (Å²) in [6.07, 6.45) is 6.78. The van der Waals surface area contributed by atoms with E-state index in [0.29, 0.717) is 6.10 Å². The fourth-order valence-electron chi connectivity index (χ4n) is 5.10. The van der Waals surface area contributed by atoms with Gasteiger partial charge in [-0.3, -0.25) is 0 Å². The molecular formula is C30H33ClN4OS. The van der Waals surface area contributed by atoms with Gasteiger partial charge in [0.15, 0.2) is 5.82 Å². The van der Waals surface area contributed by atoms with Gasteiger partial charge in [-0.25, -0.2) is 4.98 Å². The second kappa shape index (κ2) is 11.5. The smallest absolute Gasteiger partial charge is 0.157 e. The molecule has 4 heterocycles. The third kappa shape index (κ3) is 5.61. The van der Waals surface area contributed by atoms with E-state index in [0.717, 1.165) is 68.1 Å². The summed E-state index contributed by atoms with van der Waals surface area (Å²) in [5.41, 5.74) is 5.94. The molecule has 1 saturated heterocycles. The maximum atomic E-state index is 6.17. The predicted molar refractivity (Wildman–Crippen MR) is 156 cm³/mol. The third-order valence-electron chi connectivity index (χ3n) is 7.12. The van der Waals surface area contributed by atoms with Crippen LogP contribution in [0.5, 0.6) is 5.75 Å². The third-order valence-corrected chi connectivity index (χ3v) is 7.97. The molecule has 2 aromatic carbocycles. The van der Waals surface area contributed by atoms with Gasteiger partial charge in [0, 0.05) is 25.4 Å². The molecule has 0 saturated carbocycles. The van der Waals surface area contributed by atoms with Crippen molar-refractivity contribution in [1.82, 2.24) is 19.4 Å². The summed E-state index contributed by atoms with van der Waals surface area (Å²) in [5.74, 6) is 2.02. The lowest BCUT2D eigenvalue weighted by Gasteiger charge is -2.23. The Bertz CT molecular complexity index is 1430. The minimum atomic E-state index is 0. The maximum Gasteiger partial charge on any atom is 0.157 e. The first-order chi connectivity index (χ1) is 17.7. The lowest BCUT2D eigenvalue weighted by atomic mass is 10.1. The Balaban J connectivity index is 0.00000280. The number of fused-ring (bicyclic) bond motifs is 1. The predicted octanol–water partition coefficient (Wildman–Crippen LogP) is 6.96. The van der Waals surface area contributed by atoms with Crippen molar-refractivity contribution in [2.75, 3.05) is 13.1 Å². The normalized spacial score (nSPS) is 14.1. The zero-order valence-electron chi connectivity index (χ0n) is 21.1. The van der Waals surface area contributed by atoms with Crippen molar-refractivity contribution < 1.29 is 4.74 Å². The van der Waals surface area contributed by atoms with Gasteiger partial charge in [-0.1, -0.05) is 42.5 Å². The number of thiophene rings is 1. The van der Waals surface area contributed by atoms with Gasteiger partial charge in [0.2, 0.25) is 0 Å². The minimum Gasteiger partial charge on any atom is -0.490 e. The highest BCUT2D eigenvalue weighted by Crippen LogP contribution is 2.32. The van der Waals surface area contributed by atoms with Gasteiger partial charge in [-0.15, -0.1) is 23.7 Å². The van der Waals surface area contributed by atoms with Gasteiger partial charge in [0.05, 0.1) is 21.6 Å². The van der Waals surface area contributed by atoms with Gasteiger partial charge in [-0.2, -0.15) is 0 Å². The van der Waals surface area contributed by atoms with Crippen LogP contribution in [0.15, 0.2) is 78.3 Å². The molecule has 0 bridgehead atoms. The lowest BCUT2D eigenvalue weighted by molar-refractivity contribution is 0.162. The van der Waals surface area contributed by atoms with Crippen LogP contribution in [-0.4, -0.2) is 33.3 Å². The molecule has 0 amide bonds. The quantitative estimate of drug-likeness (QED) is 0.235. The molecule has 0 aliphatic carbocycles. The molecule has 5 nitrogen and oxygen atoms in total. The first-order valence-electron chi connectivity index (χ1n) is 12.9. The Hall–Kier alpha value is -3.06. The van der Waals surface area contributed by atoms with Crippen LogP contribution >= 0.6 is 23.7 Å². The molecule has 7 heteroatoms. The number of hydrogen-bond donors (Lipinski definition) is 1. The molecule has 1 aliphatic rings. The van der Waals surface area contributed by atoms with E-state index in [1.807, 2.05) is 0 Å². The minimum absolute atomic E-state index is 0. The fourth-order valence-corrected chi connectivity index (χ4v) is 5.95. The van der Waals surface area contributed by atoms with Gasteiger partial charge in [-0.05, 0) is 74.0 Å². The molecule has 0 unspecified atom stereocenters. The highest BCUT2D eigenvalue weighted by atomic mass is 35.5. The average molecular weight is 533 g/mol. The van der Waals surface area contributed by atoms with Gasteiger partial charge in [0.25, 0.3) is 0 Å². The van der Waals surface area contributed by atoms with E-state index in [1.54, 1.807) is 11.3 Å². The molecule has 0 radical (unpaired) electrons. The Labute approximate surface area is 228 Å². The number of aromatic nitrogens is 3. The maximum absolute atomic E-state index is 6.17. The van der Waals surface area contributed by atoms with E-state index in [-0.39, 0.29) is 12.4 Å². The second-order valence-electron chi connectivity index (χ2n) is 9.58. The number of aryl methyl sites for hydroxylation is 3. The summed E-state index contributed by atoms with van der Waals surface area (Å²) < 4.78 is 12.1.